The third-order valence-electron chi connectivity index (χ3n) is 3.52. The fourth-order valence-electron chi connectivity index (χ4n) is 2.46. The normalized spacial score (nSPS) is 13.9. The van der Waals surface area contributed by atoms with Gasteiger partial charge in [0, 0.05) is 25.1 Å². The van der Waals surface area contributed by atoms with Crippen LogP contribution < -0.4 is 0 Å². The molecule has 0 radical (unpaired) electrons. The van der Waals surface area contributed by atoms with Crippen LogP contribution in [-0.2, 0) is 13.0 Å². The van der Waals surface area contributed by atoms with E-state index in [2.05, 4.69) is 23.2 Å². The summed E-state index contributed by atoms with van der Waals surface area (Å²) in [7, 11) is 0. The van der Waals surface area contributed by atoms with Crippen LogP contribution in [0.5, 0.6) is 0 Å². The maximum atomic E-state index is 12.5. The van der Waals surface area contributed by atoms with E-state index in [1.807, 2.05) is 35.2 Å². The first-order chi connectivity index (χ1) is 10.3. The first-order valence-electron chi connectivity index (χ1n) is 7.10. The Kier molecular flexibility index (Phi) is 4.20. The number of hydrogen-bond donors (Lipinski definition) is 0. The standard InChI is InChI=1S/C16H17N3OS/c1-2-21-15-10-13-11-19(9-8-14(13)17-18-15)16(20)12-6-4-3-5-7-12/h3-7,10H,2,8-9,11H2,1H3. The number of carbonyl (C=O) groups excluding carboxylic acids is 1. The number of aromatic nitrogens is 2. The van der Waals surface area contributed by atoms with Crippen LogP contribution in [0.25, 0.3) is 0 Å². The van der Waals surface area contributed by atoms with Crippen molar-refractivity contribution in [2.75, 3.05) is 12.3 Å². The highest BCUT2D eigenvalue weighted by Crippen LogP contribution is 2.22. The number of fused-ring (bicyclic) bond motifs is 1. The zero-order valence-corrected chi connectivity index (χ0v) is 12.8. The molecular formula is C16H17N3OS. The highest BCUT2D eigenvalue weighted by molar-refractivity contribution is 7.99. The summed E-state index contributed by atoms with van der Waals surface area (Å²) in [6.45, 7) is 3.42. The molecule has 108 valence electrons. The van der Waals surface area contributed by atoms with Gasteiger partial charge in [0.05, 0.1) is 5.69 Å². The predicted molar refractivity (Wildman–Crippen MR) is 83.3 cm³/mol. The fraction of sp³-hybridized carbons (Fsp3) is 0.312. The van der Waals surface area contributed by atoms with E-state index in [1.54, 1.807) is 11.8 Å². The van der Waals surface area contributed by atoms with Gasteiger partial charge in [-0.25, -0.2) is 0 Å². The number of benzene rings is 1. The van der Waals surface area contributed by atoms with Crippen LogP contribution in [0.1, 0.15) is 28.5 Å². The van der Waals surface area contributed by atoms with Gasteiger partial charge in [-0.3, -0.25) is 4.79 Å². The Morgan fingerprint density at radius 1 is 1.29 bits per heavy atom. The second-order valence-electron chi connectivity index (χ2n) is 4.93. The second-order valence-corrected chi connectivity index (χ2v) is 6.21. The van der Waals surface area contributed by atoms with Crippen LogP contribution in [0.15, 0.2) is 41.4 Å². The minimum absolute atomic E-state index is 0.0859. The van der Waals surface area contributed by atoms with Crippen molar-refractivity contribution in [2.45, 2.75) is 24.9 Å². The molecule has 1 aromatic heterocycles. The molecule has 4 nitrogen and oxygen atoms in total. The minimum atomic E-state index is 0.0859. The topological polar surface area (TPSA) is 46.1 Å². The summed E-state index contributed by atoms with van der Waals surface area (Å²) in [6, 6.07) is 11.5. The van der Waals surface area contributed by atoms with Crippen molar-refractivity contribution in [3.63, 3.8) is 0 Å². The summed E-state index contributed by atoms with van der Waals surface area (Å²) in [4.78, 5) is 14.4. The zero-order valence-electron chi connectivity index (χ0n) is 12.0. The third kappa shape index (κ3) is 3.08. The third-order valence-corrected chi connectivity index (χ3v) is 4.30. The van der Waals surface area contributed by atoms with Crippen LogP contribution in [0, 0.1) is 0 Å². The van der Waals surface area contributed by atoms with Gasteiger partial charge in [0.2, 0.25) is 0 Å². The van der Waals surface area contributed by atoms with Crippen molar-refractivity contribution in [3.8, 4) is 0 Å². The zero-order chi connectivity index (χ0) is 14.7. The van der Waals surface area contributed by atoms with Gasteiger partial charge in [0.15, 0.2) is 0 Å². The van der Waals surface area contributed by atoms with Crippen LogP contribution in [-0.4, -0.2) is 33.3 Å². The molecular weight excluding hydrogens is 282 g/mol. The number of amides is 1. The Morgan fingerprint density at radius 3 is 2.86 bits per heavy atom. The van der Waals surface area contributed by atoms with E-state index in [-0.39, 0.29) is 5.91 Å². The Labute approximate surface area is 128 Å². The summed E-state index contributed by atoms with van der Waals surface area (Å²) in [5, 5.41) is 9.45. The fourth-order valence-corrected chi connectivity index (χ4v) is 3.08. The predicted octanol–water partition coefficient (Wildman–Crippen LogP) is 2.79. The lowest BCUT2D eigenvalue weighted by atomic mass is 10.1. The van der Waals surface area contributed by atoms with E-state index in [4.69, 9.17) is 0 Å². The lowest BCUT2D eigenvalue weighted by molar-refractivity contribution is 0.0733. The Balaban J connectivity index is 1.80. The molecule has 0 spiro atoms. The molecule has 21 heavy (non-hydrogen) atoms. The van der Waals surface area contributed by atoms with Crippen LogP contribution in [0.2, 0.25) is 0 Å². The molecule has 0 fully saturated rings. The minimum Gasteiger partial charge on any atom is -0.334 e. The van der Waals surface area contributed by atoms with Crippen molar-refractivity contribution in [2.24, 2.45) is 0 Å². The van der Waals surface area contributed by atoms with Crippen LogP contribution >= 0.6 is 11.8 Å². The Bertz CT molecular complexity index is 645. The van der Waals surface area contributed by atoms with Gasteiger partial charge < -0.3 is 4.90 Å². The van der Waals surface area contributed by atoms with Gasteiger partial charge in [-0.1, -0.05) is 25.1 Å². The molecule has 0 bridgehead atoms. The molecule has 0 saturated carbocycles. The van der Waals surface area contributed by atoms with Gasteiger partial charge in [0.1, 0.15) is 5.03 Å². The summed E-state index contributed by atoms with van der Waals surface area (Å²) >= 11 is 1.68. The van der Waals surface area contributed by atoms with E-state index >= 15 is 0 Å². The van der Waals surface area contributed by atoms with Crippen molar-refractivity contribution >= 4 is 17.7 Å². The first kappa shape index (κ1) is 14.1. The van der Waals surface area contributed by atoms with Crippen LogP contribution in [0.3, 0.4) is 0 Å². The summed E-state index contributed by atoms with van der Waals surface area (Å²) < 4.78 is 0. The molecule has 1 amide bonds. The quantitative estimate of drug-likeness (QED) is 0.818. The molecule has 0 N–H and O–H groups in total. The molecule has 2 aromatic rings. The average Bonchev–Trinajstić information content (AvgIpc) is 2.54. The maximum Gasteiger partial charge on any atom is 0.254 e. The van der Waals surface area contributed by atoms with Gasteiger partial charge in [-0.15, -0.1) is 16.9 Å². The lowest BCUT2D eigenvalue weighted by Gasteiger charge is -2.28. The van der Waals surface area contributed by atoms with Gasteiger partial charge in [-0.2, -0.15) is 5.10 Å². The highest BCUT2D eigenvalue weighted by atomic mass is 32.2. The summed E-state index contributed by atoms with van der Waals surface area (Å²) in [6.07, 6.45) is 0.776. The smallest absolute Gasteiger partial charge is 0.254 e. The van der Waals surface area contributed by atoms with Gasteiger partial charge in [-0.05, 0) is 29.5 Å². The molecule has 0 unspecified atom stereocenters. The number of thioether (sulfide) groups is 1. The van der Waals surface area contributed by atoms with Crippen molar-refractivity contribution in [1.29, 1.82) is 0 Å². The van der Waals surface area contributed by atoms with Crippen LogP contribution in [0.4, 0.5) is 0 Å². The molecule has 0 aliphatic carbocycles. The van der Waals surface area contributed by atoms with E-state index in [0.717, 1.165) is 34.0 Å². The Morgan fingerprint density at radius 2 is 2.10 bits per heavy atom. The molecule has 0 saturated heterocycles. The molecule has 0 atom stereocenters. The van der Waals surface area contributed by atoms with Crippen molar-refractivity contribution in [3.05, 3.63) is 53.2 Å². The van der Waals surface area contributed by atoms with E-state index in [9.17, 15) is 4.79 Å². The van der Waals surface area contributed by atoms with Crippen molar-refractivity contribution < 1.29 is 4.79 Å². The summed E-state index contributed by atoms with van der Waals surface area (Å²) in [5.41, 5.74) is 2.88. The Hall–Kier alpha value is -1.88. The largest absolute Gasteiger partial charge is 0.334 e. The maximum absolute atomic E-state index is 12.5. The monoisotopic (exact) mass is 299 g/mol. The van der Waals surface area contributed by atoms with Gasteiger partial charge >= 0.3 is 0 Å². The van der Waals surface area contributed by atoms with E-state index < -0.39 is 0 Å². The SMILES string of the molecule is CCSc1cc2c(nn1)CCN(C(=O)c1ccccc1)C2. The molecule has 5 heteroatoms. The lowest BCUT2D eigenvalue weighted by Crippen LogP contribution is -2.36. The average molecular weight is 299 g/mol. The number of hydrogen-bond acceptors (Lipinski definition) is 4. The number of carbonyl (C=O) groups is 1. The molecule has 2 heterocycles. The van der Waals surface area contributed by atoms with Crippen molar-refractivity contribution in [1.82, 2.24) is 15.1 Å². The molecule has 3 rings (SSSR count). The number of rotatable bonds is 3. The number of nitrogens with zero attached hydrogens (tertiary/aromatic N) is 3. The molecule has 1 aromatic carbocycles. The molecule has 1 aliphatic heterocycles. The van der Waals surface area contributed by atoms with Gasteiger partial charge in [0.25, 0.3) is 5.91 Å². The highest BCUT2D eigenvalue weighted by Gasteiger charge is 2.23. The molecule has 1 aliphatic rings. The first-order valence-corrected chi connectivity index (χ1v) is 8.09. The van der Waals surface area contributed by atoms with E-state index in [0.29, 0.717) is 13.1 Å². The second kappa shape index (κ2) is 6.26. The summed E-state index contributed by atoms with van der Waals surface area (Å²) in [5.74, 6) is 1.06. The van der Waals surface area contributed by atoms with E-state index in [1.165, 1.54) is 0 Å².